The van der Waals surface area contributed by atoms with Gasteiger partial charge >= 0.3 is 0 Å². The van der Waals surface area contributed by atoms with Gasteiger partial charge in [-0.05, 0) is 98.7 Å². The topological polar surface area (TPSA) is 38.0 Å². The highest BCUT2D eigenvalue weighted by molar-refractivity contribution is 5.69. The average Bonchev–Trinajstić information content (AvgIpc) is 2.95. The molecule has 2 aliphatic rings. The van der Waals surface area contributed by atoms with Crippen molar-refractivity contribution in [3.05, 3.63) is 131 Å². The van der Waals surface area contributed by atoms with E-state index in [2.05, 4.69) is 86.6 Å². The Morgan fingerprint density at radius 2 is 1.77 bits per heavy atom. The third kappa shape index (κ3) is 7.37. The van der Waals surface area contributed by atoms with Gasteiger partial charge in [-0.15, -0.1) is 0 Å². The highest BCUT2D eigenvalue weighted by atomic mass is 19.1. The van der Waals surface area contributed by atoms with E-state index in [1.165, 1.54) is 39.6 Å². The summed E-state index contributed by atoms with van der Waals surface area (Å²) in [6.45, 7) is 13.1. The highest BCUT2D eigenvalue weighted by Gasteiger charge is 2.24. The lowest BCUT2D eigenvalue weighted by Crippen LogP contribution is -2.27. The number of allylic oxidation sites excluding steroid dienone is 8. The van der Waals surface area contributed by atoms with Gasteiger partial charge in [-0.3, -0.25) is 0 Å². The Morgan fingerprint density at radius 3 is 2.48 bits per heavy atom. The van der Waals surface area contributed by atoms with Crippen molar-refractivity contribution >= 4 is 0 Å². The standard InChI is InChI=1S/C34H39F2N.C2H5N/c1-6-25(33-32(35)19-15-23(3)34(33)36)16-18-29(24(4)37-5)31-13-8-7-10-26-20-22(2)14-17-30(26)27-11-9-12-28(31)21-27;1-2-3/h6,9,11-12,14,16-18,20-21,24,31,37H,1,7-8,10,13,15,19H2,2-5H3;2H,1,3H2/b25-16+,29-18+;. The van der Waals surface area contributed by atoms with Gasteiger partial charge in [-0.2, -0.15) is 0 Å². The summed E-state index contributed by atoms with van der Waals surface area (Å²) in [5.41, 5.74) is 13.5. The van der Waals surface area contributed by atoms with Crippen LogP contribution in [-0.2, 0) is 6.42 Å². The van der Waals surface area contributed by atoms with Gasteiger partial charge in [0.25, 0.3) is 0 Å². The van der Waals surface area contributed by atoms with Crippen LogP contribution in [0.5, 0.6) is 0 Å². The van der Waals surface area contributed by atoms with E-state index in [1.54, 1.807) is 13.0 Å². The summed E-state index contributed by atoms with van der Waals surface area (Å²) < 4.78 is 29.7. The summed E-state index contributed by atoms with van der Waals surface area (Å²) in [6.07, 6.45) is 11.7. The van der Waals surface area contributed by atoms with Crippen LogP contribution in [0.1, 0.15) is 68.6 Å². The predicted molar refractivity (Wildman–Crippen MR) is 167 cm³/mol. The fraction of sp³-hybridized carbons (Fsp3) is 0.333. The second-order valence-corrected chi connectivity index (χ2v) is 10.7. The van der Waals surface area contributed by atoms with Crippen LogP contribution in [0.25, 0.3) is 11.1 Å². The van der Waals surface area contributed by atoms with Crippen molar-refractivity contribution < 1.29 is 8.78 Å². The molecule has 0 saturated heterocycles. The Balaban J connectivity index is 0.00000141. The molecule has 0 saturated carbocycles. The molecule has 4 heteroatoms. The lowest BCUT2D eigenvalue weighted by atomic mass is 9.80. The molecular weight excluding hydrogens is 498 g/mol. The van der Waals surface area contributed by atoms with Crippen LogP contribution in [-0.4, -0.2) is 13.1 Å². The number of benzene rings is 2. The van der Waals surface area contributed by atoms with Crippen LogP contribution < -0.4 is 11.1 Å². The van der Waals surface area contributed by atoms with Crippen molar-refractivity contribution in [2.45, 2.75) is 71.3 Å². The maximum Gasteiger partial charge on any atom is 0.132 e. The summed E-state index contributed by atoms with van der Waals surface area (Å²) in [7, 11) is 1.96. The zero-order chi connectivity index (χ0) is 29.2. The Labute approximate surface area is 239 Å². The van der Waals surface area contributed by atoms with E-state index in [-0.39, 0.29) is 24.0 Å². The minimum absolute atomic E-state index is 0.0614. The van der Waals surface area contributed by atoms with Crippen molar-refractivity contribution in [2.24, 2.45) is 5.73 Å². The molecule has 4 rings (SSSR count). The van der Waals surface area contributed by atoms with Crippen molar-refractivity contribution in [3.8, 4) is 11.1 Å². The van der Waals surface area contributed by atoms with E-state index in [4.69, 9.17) is 0 Å². The Morgan fingerprint density at radius 1 is 1.02 bits per heavy atom. The Bertz CT molecular complexity index is 1340. The van der Waals surface area contributed by atoms with Gasteiger partial charge in [-0.1, -0.05) is 85.8 Å². The van der Waals surface area contributed by atoms with E-state index < -0.39 is 11.7 Å². The third-order valence-electron chi connectivity index (χ3n) is 7.93. The molecule has 2 aromatic rings. The number of likely N-dealkylation sites (N-methyl/N-ethyl adjacent to an activating group) is 1. The monoisotopic (exact) mass is 542 g/mol. The second kappa shape index (κ2) is 14.8. The third-order valence-corrected chi connectivity index (χ3v) is 7.93. The van der Waals surface area contributed by atoms with Crippen molar-refractivity contribution in [1.82, 2.24) is 5.32 Å². The quantitative estimate of drug-likeness (QED) is 0.357. The Hall–Kier alpha value is -3.50. The largest absolute Gasteiger partial charge is 0.405 e. The maximum atomic E-state index is 15.0. The zero-order valence-electron chi connectivity index (χ0n) is 24.5. The molecule has 2 nitrogen and oxygen atoms in total. The van der Waals surface area contributed by atoms with Crippen LogP contribution in [0.3, 0.4) is 0 Å². The van der Waals surface area contributed by atoms with Crippen molar-refractivity contribution in [1.29, 1.82) is 0 Å². The normalized spacial score (nSPS) is 18.8. The number of nitrogens with one attached hydrogen (secondary N) is 1. The molecule has 2 aromatic carbocycles. The molecule has 0 radical (unpaired) electrons. The van der Waals surface area contributed by atoms with E-state index in [9.17, 15) is 8.78 Å². The second-order valence-electron chi connectivity index (χ2n) is 10.7. The number of nitrogens with two attached hydrogens (primary N) is 1. The molecule has 0 aliphatic heterocycles. The molecule has 2 atom stereocenters. The first-order chi connectivity index (χ1) is 19.2. The number of halogens is 2. The van der Waals surface area contributed by atoms with E-state index in [1.807, 2.05) is 13.1 Å². The summed E-state index contributed by atoms with van der Waals surface area (Å²) in [5.74, 6) is -0.651. The molecule has 2 bridgehead atoms. The molecule has 3 N–H and O–H groups in total. The SMILES string of the molecule is C=C/C(=C\C=C(/C(C)NC)C1CCCCc2cc(C)ccc2-c2cccc1c2)C1=C(F)CCC(C)=C1F.C=CN. The number of hydrogen-bond donors (Lipinski definition) is 2. The summed E-state index contributed by atoms with van der Waals surface area (Å²) in [6, 6.07) is 15.8. The minimum Gasteiger partial charge on any atom is -0.405 e. The molecule has 2 unspecified atom stereocenters. The maximum absolute atomic E-state index is 15.0. The van der Waals surface area contributed by atoms with Crippen molar-refractivity contribution in [3.63, 3.8) is 0 Å². The summed E-state index contributed by atoms with van der Waals surface area (Å²) in [4.78, 5) is 0. The molecule has 0 amide bonds. The first kappa shape index (κ1) is 31.0. The van der Waals surface area contributed by atoms with E-state index in [0.29, 0.717) is 17.6 Å². The summed E-state index contributed by atoms with van der Waals surface area (Å²) >= 11 is 0. The molecule has 0 aromatic heterocycles. The van der Waals surface area contributed by atoms with Crippen LogP contribution >= 0.6 is 0 Å². The van der Waals surface area contributed by atoms with Gasteiger partial charge in [0.2, 0.25) is 0 Å². The van der Waals surface area contributed by atoms with E-state index >= 15 is 0 Å². The van der Waals surface area contributed by atoms with Crippen LogP contribution in [0, 0.1) is 6.92 Å². The van der Waals surface area contributed by atoms with Crippen molar-refractivity contribution in [2.75, 3.05) is 7.05 Å². The number of fused-ring (bicyclic) bond motifs is 4. The average molecular weight is 543 g/mol. The molecule has 0 fully saturated rings. The molecule has 40 heavy (non-hydrogen) atoms. The molecule has 0 spiro atoms. The first-order valence-corrected chi connectivity index (χ1v) is 14.2. The minimum atomic E-state index is -0.452. The fourth-order valence-corrected chi connectivity index (χ4v) is 5.64. The number of hydrogen-bond acceptors (Lipinski definition) is 2. The molecule has 212 valence electrons. The Kier molecular flexibility index (Phi) is 11.5. The van der Waals surface area contributed by atoms with E-state index in [0.717, 1.165) is 25.7 Å². The van der Waals surface area contributed by atoms with Gasteiger partial charge in [0, 0.05) is 24.0 Å². The smallest absolute Gasteiger partial charge is 0.132 e. The lowest BCUT2D eigenvalue weighted by molar-refractivity contribution is 0.534. The zero-order valence-corrected chi connectivity index (χ0v) is 24.5. The first-order valence-electron chi connectivity index (χ1n) is 14.2. The van der Waals surface area contributed by atoms with Crippen LogP contribution in [0.4, 0.5) is 8.78 Å². The number of aryl methyl sites for hydroxylation is 2. The van der Waals surface area contributed by atoms with Gasteiger partial charge in [0.1, 0.15) is 11.7 Å². The van der Waals surface area contributed by atoms with Gasteiger partial charge in [-0.25, -0.2) is 8.78 Å². The number of rotatable bonds is 6. The summed E-state index contributed by atoms with van der Waals surface area (Å²) in [5, 5.41) is 3.41. The molecule has 0 heterocycles. The highest BCUT2D eigenvalue weighted by Crippen LogP contribution is 2.39. The predicted octanol–water partition coefficient (Wildman–Crippen LogP) is 9.47. The van der Waals surface area contributed by atoms with Gasteiger partial charge < -0.3 is 11.1 Å². The lowest BCUT2D eigenvalue weighted by Gasteiger charge is -2.27. The van der Waals surface area contributed by atoms with Crippen LogP contribution in [0.2, 0.25) is 0 Å². The van der Waals surface area contributed by atoms with Gasteiger partial charge in [0.05, 0.1) is 0 Å². The fourth-order valence-electron chi connectivity index (χ4n) is 5.64. The van der Waals surface area contributed by atoms with Crippen LogP contribution in [0.15, 0.2) is 114 Å². The van der Waals surface area contributed by atoms with Gasteiger partial charge in [0.15, 0.2) is 0 Å². The molecule has 2 aliphatic carbocycles. The molecular formula is C36H44F2N2.